The van der Waals surface area contributed by atoms with Crippen LogP contribution in [0.25, 0.3) is 11.6 Å². The van der Waals surface area contributed by atoms with Crippen LogP contribution in [-0.4, -0.2) is 13.3 Å². The summed E-state index contributed by atoms with van der Waals surface area (Å²) < 4.78 is 44.5. The van der Waals surface area contributed by atoms with Crippen LogP contribution in [0, 0.1) is 0 Å². The quantitative estimate of drug-likeness (QED) is 0.733. The molecule has 0 spiro atoms. The van der Waals surface area contributed by atoms with Crippen molar-refractivity contribution in [2.24, 2.45) is 0 Å². The van der Waals surface area contributed by atoms with Gasteiger partial charge in [-0.3, -0.25) is 0 Å². The molecule has 0 aliphatic carbocycles. The molecule has 0 aliphatic heterocycles. The minimum absolute atomic E-state index is 0.113. The van der Waals surface area contributed by atoms with E-state index in [2.05, 4.69) is 0 Å². The Labute approximate surface area is 115 Å². The van der Waals surface area contributed by atoms with E-state index < -0.39 is 11.7 Å². The van der Waals surface area contributed by atoms with Crippen molar-refractivity contribution in [3.63, 3.8) is 0 Å². The van der Waals surface area contributed by atoms with Gasteiger partial charge in [0, 0.05) is 0 Å². The Balaban J connectivity index is 2.45. The summed E-state index contributed by atoms with van der Waals surface area (Å²) in [5.41, 5.74) is -0.0517. The highest BCUT2D eigenvalue weighted by molar-refractivity contribution is 5.84. The second-order valence-electron chi connectivity index (χ2n) is 4.19. The van der Waals surface area contributed by atoms with Gasteiger partial charge in [0.15, 0.2) is 0 Å². The van der Waals surface area contributed by atoms with Gasteiger partial charge in [0.05, 0.1) is 12.7 Å². The lowest BCUT2D eigenvalue weighted by atomic mass is 10.0. The Morgan fingerprint density at radius 3 is 2.05 bits per heavy atom. The maximum absolute atomic E-state index is 13.2. The molecule has 0 amide bonds. The average Bonchev–Trinajstić information content (AvgIpc) is 2.45. The molecule has 2 aromatic rings. The van der Waals surface area contributed by atoms with Crippen LogP contribution in [0.15, 0.2) is 54.6 Å². The van der Waals surface area contributed by atoms with Crippen molar-refractivity contribution in [3.8, 4) is 5.75 Å². The highest BCUT2D eigenvalue weighted by Crippen LogP contribution is 2.36. The maximum atomic E-state index is 13.2. The average molecular weight is 278 g/mol. The molecule has 20 heavy (non-hydrogen) atoms. The lowest BCUT2D eigenvalue weighted by Gasteiger charge is -2.13. The molecule has 1 nitrogen and oxygen atoms in total. The molecule has 104 valence electrons. The van der Waals surface area contributed by atoms with E-state index in [0.717, 1.165) is 6.08 Å². The van der Waals surface area contributed by atoms with Crippen molar-refractivity contribution >= 4 is 11.6 Å². The second kappa shape index (κ2) is 5.82. The Kier molecular flexibility index (Phi) is 4.13. The number of hydrogen-bond donors (Lipinski definition) is 0. The molecule has 2 aromatic carbocycles. The van der Waals surface area contributed by atoms with Gasteiger partial charge in [0.2, 0.25) is 0 Å². The third-order valence-corrected chi connectivity index (χ3v) is 2.82. The highest BCUT2D eigenvalue weighted by atomic mass is 19.4. The van der Waals surface area contributed by atoms with Crippen LogP contribution in [0.2, 0.25) is 0 Å². The summed E-state index contributed by atoms with van der Waals surface area (Å²) in [6.07, 6.45) is -3.27. The van der Waals surface area contributed by atoms with Crippen molar-refractivity contribution in [2.45, 2.75) is 6.18 Å². The first-order chi connectivity index (χ1) is 9.50. The van der Waals surface area contributed by atoms with E-state index in [1.165, 1.54) is 31.4 Å². The first-order valence-corrected chi connectivity index (χ1v) is 5.99. The number of alkyl halides is 3. The van der Waals surface area contributed by atoms with Crippen LogP contribution < -0.4 is 4.74 Å². The van der Waals surface area contributed by atoms with E-state index in [0.29, 0.717) is 11.3 Å². The zero-order valence-electron chi connectivity index (χ0n) is 10.8. The molecule has 0 aliphatic rings. The van der Waals surface area contributed by atoms with Crippen molar-refractivity contribution in [3.05, 3.63) is 65.7 Å². The lowest BCUT2D eigenvalue weighted by molar-refractivity contribution is -0.0683. The number of allylic oxidation sites excluding steroid dienone is 1. The molecule has 0 radical (unpaired) electrons. The normalized spacial score (nSPS) is 12.3. The molecule has 0 fully saturated rings. The van der Waals surface area contributed by atoms with Gasteiger partial charge in [0.25, 0.3) is 0 Å². The SMILES string of the molecule is COc1ccc(/C(=C\c2ccccc2)C(F)(F)F)cc1. The first kappa shape index (κ1) is 14.2. The third-order valence-electron chi connectivity index (χ3n) is 2.82. The summed E-state index contributed by atoms with van der Waals surface area (Å²) in [4.78, 5) is 0. The molecule has 0 heterocycles. The molecule has 2 rings (SSSR count). The van der Waals surface area contributed by atoms with Crippen molar-refractivity contribution in [2.75, 3.05) is 7.11 Å². The van der Waals surface area contributed by atoms with Crippen molar-refractivity contribution < 1.29 is 17.9 Å². The number of hydrogen-bond acceptors (Lipinski definition) is 1. The fraction of sp³-hybridized carbons (Fsp3) is 0.125. The van der Waals surface area contributed by atoms with Gasteiger partial charge in [-0.25, -0.2) is 0 Å². The number of halogens is 3. The van der Waals surface area contributed by atoms with Crippen LogP contribution in [0.4, 0.5) is 13.2 Å². The van der Waals surface area contributed by atoms with Crippen LogP contribution in [0.5, 0.6) is 5.75 Å². The van der Waals surface area contributed by atoms with Crippen LogP contribution in [-0.2, 0) is 0 Å². The standard InChI is InChI=1S/C16H13F3O/c1-20-14-9-7-13(8-10-14)15(16(17,18)19)11-12-5-3-2-4-6-12/h2-11H,1H3/b15-11+. The molecule has 0 unspecified atom stereocenters. The second-order valence-corrected chi connectivity index (χ2v) is 4.19. The predicted octanol–water partition coefficient (Wildman–Crippen LogP) is 4.80. The Morgan fingerprint density at radius 1 is 0.950 bits per heavy atom. The molecule has 0 atom stereocenters. The zero-order valence-corrected chi connectivity index (χ0v) is 10.8. The molecular weight excluding hydrogens is 265 g/mol. The summed E-state index contributed by atoms with van der Waals surface area (Å²) in [5, 5.41) is 0. The Bertz CT molecular complexity index is 583. The third kappa shape index (κ3) is 3.41. The summed E-state index contributed by atoms with van der Waals surface area (Å²) in [5.74, 6) is 0.523. The topological polar surface area (TPSA) is 9.23 Å². The molecule has 0 N–H and O–H groups in total. The smallest absolute Gasteiger partial charge is 0.417 e. The molecule has 0 saturated heterocycles. The minimum atomic E-state index is -4.41. The summed E-state index contributed by atoms with van der Waals surface area (Å²) in [6, 6.07) is 14.3. The predicted molar refractivity (Wildman–Crippen MR) is 73.4 cm³/mol. The largest absolute Gasteiger partial charge is 0.497 e. The van der Waals surface area contributed by atoms with Gasteiger partial charge >= 0.3 is 6.18 Å². The van der Waals surface area contributed by atoms with E-state index in [-0.39, 0.29) is 5.56 Å². The summed E-state index contributed by atoms with van der Waals surface area (Å²) in [6.45, 7) is 0. The molecule has 0 saturated carbocycles. The lowest BCUT2D eigenvalue weighted by Crippen LogP contribution is -2.10. The number of benzene rings is 2. The first-order valence-electron chi connectivity index (χ1n) is 5.99. The van der Waals surface area contributed by atoms with Gasteiger partial charge in [-0.1, -0.05) is 42.5 Å². The number of methoxy groups -OCH3 is 1. The van der Waals surface area contributed by atoms with E-state index in [9.17, 15) is 13.2 Å². The fourth-order valence-corrected chi connectivity index (χ4v) is 1.82. The number of ether oxygens (including phenoxy) is 1. The Hall–Kier alpha value is -2.23. The molecular formula is C16H13F3O. The summed E-state index contributed by atoms with van der Waals surface area (Å²) in [7, 11) is 1.47. The van der Waals surface area contributed by atoms with Gasteiger partial charge in [-0.15, -0.1) is 0 Å². The van der Waals surface area contributed by atoms with E-state index in [4.69, 9.17) is 4.74 Å². The van der Waals surface area contributed by atoms with Gasteiger partial charge in [-0.05, 0) is 29.3 Å². The fourth-order valence-electron chi connectivity index (χ4n) is 1.82. The maximum Gasteiger partial charge on any atom is 0.417 e. The van der Waals surface area contributed by atoms with Gasteiger partial charge in [0.1, 0.15) is 5.75 Å². The molecule has 4 heteroatoms. The Morgan fingerprint density at radius 2 is 1.55 bits per heavy atom. The van der Waals surface area contributed by atoms with E-state index in [1.54, 1.807) is 30.3 Å². The van der Waals surface area contributed by atoms with Crippen LogP contribution in [0.3, 0.4) is 0 Å². The number of rotatable bonds is 3. The monoisotopic (exact) mass is 278 g/mol. The van der Waals surface area contributed by atoms with Crippen LogP contribution >= 0.6 is 0 Å². The van der Waals surface area contributed by atoms with Gasteiger partial charge in [-0.2, -0.15) is 13.2 Å². The van der Waals surface area contributed by atoms with Gasteiger partial charge < -0.3 is 4.74 Å². The molecule has 0 bridgehead atoms. The minimum Gasteiger partial charge on any atom is -0.497 e. The van der Waals surface area contributed by atoms with E-state index >= 15 is 0 Å². The van der Waals surface area contributed by atoms with Crippen molar-refractivity contribution in [1.82, 2.24) is 0 Å². The highest BCUT2D eigenvalue weighted by Gasteiger charge is 2.34. The van der Waals surface area contributed by atoms with Crippen LogP contribution in [0.1, 0.15) is 11.1 Å². The van der Waals surface area contributed by atoms with E-state index in [1.807, 2.05) is 0 Å². The molecule has 0 aromatic heterocycles. The summed E-state index contributed by atoms with van der Waals surface area (Å²) >= 11 is 0. The van der Waals surface area contributed by atoms with Crippen molar-refractivity contribution in [1.29, 1.82) is 0 Å². The zero-order chi connectivity index (χ0) is 14.6.